The minimum atomic E-state index is 0. The van der Waals surface area contributed by atoms with Gasteiger partial charge in [0, 0.05) is 23.4 Å². The monoisotopic (exact) mass is 342 g/mol. The Morgan fingerprint density at radius 2 is 2.29 bits per heavy atom. The van der Waals surface area contributed by atoms with Gasteiger partial charge in [0.05, 0.1) is 6.20 Å². The highest BCUT2D eigenvalue weighted by Crippen LogP contribution is 2.32. The number of rotatable bonds is 5. The summed E-state index contributed by atoms with van der Waals surface area (Å²) in [6.45, 7) is 2.08. The number of thiophene rings is 1. The molecule has 3 heterocycles. The fraction of sp³-hybridized carbons (Fsp3) is 0.308. The van der Waals surface area contributed by atoms with Gasteiger partial charge in [-0.25, -0.2) is 4.98 Å². The number of hydrogen-bond acceptors (Lipinski definition) is 7. The standard InChI is InChI=1S/C13H14N4OS2.ClH/c1-8(14-2)5-11-16-12(18-17-11)10-6-15-13(20-10)9-3-4-19-7-9;/h3-4,6-8,14H,5H2,1-2H3;1H. The number of thiazole rings is 1. The van der Waals surface area contributed by atoms with E-state index in [4.69, 9.17) is 4.52 Å². The summed E-state index contributed by atoms with van der Waals surface area (Å²) in [5.41, 5.74) is 1.13. The van der Waals surface area contributed by atoms with Crippen molar-refractivity contribution in [1.82, 2.24) is 20.4 Å². The van der Waals surface area contributed by atoms with E-state index in [2.05, 4.69) is 38.8 Å². The molecule has 0 bridgehead atoms. The number of nitrogens with zero attached hydrogens (tertiary/aromatic N) is 3. The summed E-state index contributed by atoms with van der Waals surface area (Å²) < 4.78 is 5.31. The van der Waals surface area contributed by atoms with Gasteiger partial charge < -0.3 is 9.84 Å². The lowest BCUT2D eigenvalue weighted by Crippen LogP contribution is -2.24. The van der Waals surface area contributed by atoms with Crippen LogP contribution >= 0.6 is 35.1 Å². The summed E-state index contributed by atoms with van der Waals surface area (Å²) in [6, 6.07) is 2.38. The highest BCUT2D eigenvalue weighted by atomic mass is 35.5. The second-order valence-electron chi connectivity index (χ2n) is 4.45. The van der Waals surface area contributed by atoms with E-state index in [1.165, 1.54) is 0 Å². The number of hydrogen-bond donors (Lipinski definition) is 1. The molecule has 0 aliphatic carbocycles. The van der Waals surface area contributed by atoms with Gasteiger partial charge in [-0.3, -0.25) is 0 Å². The Balaban J connectivity index is 0.00000161. The van der Waals surface area contributed by atoms with Crippen LogP contribution in [0.15, 0.2) is 27.5 Å². The highest BCUT2D eigenvalue weighted by molar-refractivity contribution is 7.18. The average molecular weight is 343 g/mol. The quantitative estimate of drug-likeness (QED) is 0.768. The van der Waals surface area contributed by atoms with Crippen LogP contribution in [0, 0.1) is 0 Å². The van der Waals surface area contributed by atoms with Gasteiger partial charge >= 0.3 is 0 Å². The molecule has 0 fully saturated rings. The van der Waals surface area contributed by atoms with Gasteiger partial charge in [-0.2, -0.15) is 16.3 Å². The largest absolute Gasteiger partial charge is 0.333 e. The molecular formula is C13H15ClN4OS2. The van der Waals surface area contributed by atoms with Crippen LogP contribution in [-0.2, 0) is 6.42 Å². The maximum Gasteiger partial charge on any atom is 0.269 e. The Morgan fingerprint density at radius 3 is 3.00 bits per heavy atom. The molecule has 3 aromatic heterocycles. The zero-order valence-electron chi connectivity index (χ0n) is 11.6. The summed E-state index contributed by atoms with van der Waals surface area (Å²) in [5.74, 6) is 1.26. The Kier molecular flexibility index (Phi) is 5.46. The molecule has 1 unspecified atom stereocenters. The predicted molar refractivity (Wildman–Crippen MR) is 88.2 cm³/mol. The van der Waals surface area contributed by atoms with Crippen LogP contribution in [-0.4, -0.2) is 28.2 Å². The van der Waals surface area contributed by atoms with E-state index in [0.717, 1.165) is 21.9 Å². The molecule has 0 saturated carbocycles. The van der Waals surface area contributed by atoms with Crippen molar-refractivity contribution >= 4 is 35.1 Å². The molecule has 0 saturated heterocycles. The Bertz CT molecular complexity index is 680. The fourth-order valence-electron chi connectivity index (χ4n) is 1.71. The van der Waals surface area contributed by atoms with Crippen molar-refractivity contribution in [2.75, 3.05) is 7.05 Å². The number of nitrogens with one attached hydrogen (secondary N) is 1. The molecule has 0 aliphatic rings. The van der Waals surface area contributed by atoms with E-state index >= 15 is 0 Å². The van der Waals surface area contributed by atoms with Gasteiger partial charge in [-0.05, 0) is 25.4 Å². The van der Waals surface area contributed by atoms with Crippen molar-refractivity contribution in [3.63, 3.8) is 0 Å². The molecule has 0 aliphatic heterocycles. The van der Waals surface area contributed by atoms with Crippen molar-refractivity contribution in [2.24, 2.45) is 0 Å². The van der Waals surface area contributed by atoms with Crippen LogP contribution in [0.4, 0.5) is 0 Å². The SMILES string of the molecule is CNC(C)Cc1noc(-c2cnc(-c3ccsc3)s2)n1.Cl. The van der Waals surface area contributed by atoms with Gasteiger partial charge in [0.1, 0.15) is 9.88 Å². The lowest BCUT2D eigenvalue weighted by atomic mass is 10.2. The minimum absolute atomic E-state index is 0. The third kappa shape index (κ3) is 3.68. The molecule has 3 aromatic rings. The average Bonchev–Trinajstić information content (AvgIpc) is 3.18. The van der Waals surface area contributed by atoms with Crippen LogP contribution in [0.2, 0.25) is 0 Å². The van der Waals surface area contributed by atoms with Gasteiger partial charge in [0.25, 0.3) is 5.89 Å². The molecular weight excluding hydrogens is 328 g/mol. The predicted octanol–water partition coefficient (Wildman–Crippen LogP) is 3.49. The maximum absolute atomic E-state index is 5.31. The van der Waals surface area contributed by atoms with Crippen molar-refractivity contribution in [1.29, 1.82) is 0 Å². The zero-order valence-corrected chi connectivity index (χ0v) is 14.0. The third-order valence-corrected chi connectivity index (χ3v) is 4.65. The fourth-order valence-corrected chi connectivity index (χ4v) is 3.25. The summed E-state index contributed by atoms with van der Waals surface area (Å²) in [6.07, 6.45) is 2.53. The van der Waals surface area contributed by atoms with Crippen LogP contribution in [0.3, 0.4) is 0 Å². The number of aromatic nitrogens is 3. The normalized spacial score (nSPS) is 12.1. The molecule has 112 valence electrons. The molecule has 0 radical (unpaired) electrons. The maximum atomic E-state index is 5.31. The van der Waals surface area contributed by atoms with Crippen LogP contribution in [0.25, 0.3) is 21.3 Å². The molecule has 8 heteroatoms. The molecule has 0 aromatic carbocycles. The van der Waals surface area contributed by atoms with Crippen molar-refractivity contribution < 1.29 is 4.52 Å². The van der Waals surface area contributed by atoms with E-state index in [-0.39, 0.29) is 12.4 Å². The summed E-state index contributed by atoms with van der Waals surface area (Å²) in [4.78, 5) is 9.73. The van der Waals surface area contributed by atoms with Crippen molar-refractivity contribution in [3.8, 4) is 21.3 Å². The third-order valence-electron chi connectivity index (χ3n) is 2.93. The molecule has 5 nitrogen and oxygen atoms in total. The van der Waals surface area contributed by atoms with Gasteiger partial charge in [-0.1, -0.05) is 5.16 Å². The zero-order chi connectivity index (χ0) is 13.9. The first-order chi connectivity index (χ1) is 9.76. The van der Waals surface area contributed by atoms with E-state index < -0.39 is 0 Å². The molecule has 1 N–H and O–H groups in total. The smallest absolute Gasteiger partial charge is 0.269 e. The second kappa shape index (κ2) is 7.13. The van der Waals surface area contributed by atoms with Crippen LogP contribution < -0.4 is 5.32 Å². The number of halogens is 1. The molecule has 0 amide bonds. The van der Waals surface area contributed by atoms with E-state index in [9.17, 15) is 0 Å². The van der Waals surface area contributed by atoms with Crippen LogP contribution in [0.5, 0.6) is 0 Å². The lowest BCUT2D eigenvalue weighted by molar-refractivity contribution is 0.419. The first-order valence-corrected chi connectivity index (χ1v) is 8.01. The van der Waals surface area contributed by atoms with E-state index in [1.807, 2.05) is 12.4 Å². The van der Waals surface area contributed by atoms with Crippen LogP contribution in [0.1, 0.15) is 12.7 Å². The lowest BCUT2D eigenvalue weighted by Gasteiger charge is -2.04. The molecule has 3 rings (SSSR count). The Morgan fingerprint density at radius 1 is 1.43 bits per heavy atom. The Labute approximate surface area is 136 Å². The first-order valence-electron chi connectivity index (χ1n) is 6.25. The molecule has 0 spiro atoms. The second-order valence-corrected chi connectivity index (χ2v) is 6.26. The molecule has 21 heavy (non-hydrogen) atoms. The van der Waals surface area contributed by atoms with E-state index in [1.54, 1.807) is 28.9 Å². The summed E-state index contributed by atoms with van der Waals surface area (Å²) >= 11 is 3.23. The van der Waals surface area contributed by atoms with Crippen molar-refractivity contribution in [2.45, 2.75) is 19.4 Å². The summed E-state index contributed by atoms with van der Waals surface area (Å²) in [5, 5.41) is 12.3. The van der Waals surface area contributed by atoms with Gasteiger partial charge in [0.15, 0.2) is 5.82 Å². The topological polar surface area (TPSA) is 63.8 Å². The Hall–Kier alpha value is -1.28. The van der Waals surface area contributed by atoms with Gasteiger partial charge in [-0.15, -0.1) is 23.7 Å². The molecule has 1 atom stereocenters. The highest BCUT2D eigenvalue weighted by Gasteiger charge is 2.14. The van der Waals surface area contributed by atoms with Crippen molar-refractivity contribution in [3.05, 3.63) is 28.8 Å². The minimum Gasteiger partial charge on any atom is -0.333 e. The number of likely N-dealkylation sites (N-methyl/N-ethyl adjacent to an activating group) is 1. The van der Waals surface area contributed by atoms with E-state index in [0.29, 0.717) is 17.8 Å². The van der Waals surface area contributed by atoms with Gasteiger partial charge in [0.2, 0.25) is 0 Å². The summed E-state index contributed by atoms with van der Waals surface area (Å²) in [7, 11) is 1.92. The first kappa shape index (κ1) is 16.1.